The molecule has 116 valence electrons. The van der Waals surface area contributed by atoms with Crippen LogP contribution in [-0.4, -0.2) is 18.3 Å². The largest absolute Gasteiger partial charge is 0.384 e. The van der Waals surface area contributed by atoms with Crippen molar-refractivity contribution in [2.45, 2.75) is 40.5 Å². The summed E-state index contributed by atoms with van der Waals surface area (Å²) < 4.78 is 0. The fourth-order valence-corrected chi connectivity index (χ4v) is 1.84. The van der Waals surface area contributed by atoms with Crippen LogP contribution in [0, 0.1) is 19.8 Å². The van der Waals surface area contributed by atoms with E-state index < -0.39 is 0 Å². The number of hydrogen-bond acceptors (Lipinski definition) is 3. The summed E-state index contributed by atoms with van der Waals surface area (Å²) in [7, 11) is 0. The number of nitrogens with two attached hydrogens (primary N) is 1. The first-order valence-electron chi connectivity index (χ1n) is 7.20. The van der Waals surface area contributed by atoms with Gasteiger partial charge in [0.1, 0.15) is 5.84 Å². The molecule has 0 bridgehead atoms. The second-order valence-electron chi connectivity index (χ2n) is 5.60. The molecule has 0 aromatic heterocycles. The number of rotatable bonds is 7. The number of amidine groups is 1. The van der Waals surface area contributed by atoms with E-state index >= 15 is 0 Å². The molecule has 1 rings (SSSR count). The predicted octanol–water partition coefficient (Wildman–Crippen LogP) is 2.97. The van der Waals surface area contributed by atoms with Gasteiger partial charge in [0.15, 0.2) is 6.61 Å². The van der Waals surface area contributed by atoms with E-state index in [1.54, 1.807) is 0 Å². The molecule has 0 unspecified atom stereocenters. The molecule has 0 atom stereocenters. The number of hydrogen-bond donors (Lipinski definition) is 2. The molecule has 1 aromatic carbocycles. The molecule has 0 fully saturated rings. The first kappa shape index (κ1) is 17.0. The van der Waals surface area contributed by atoms with Gasteiger partial charge in [-0.25, -0.2) is 0 Å². The van der Waals surface area contributed by atoms with Crippen molar-refractivity contribution >= 4 is 17.4 Å². The van der Waals surface area contributed by atoms with Crippen LogP contribution in [0.25, 0.3) is 0 Å². The van der Waals surface area contributed by atoms with Crippen LogP contribution in [0.15, 0.2) is 23.4 Å². The molecule has 0 spiro atoms. The fraction of sp³-hybridized carbons (Fsp3) is 0.500. The number of benzene rings is 1. The minimum absolute atomic E-state index is 0.143. The topological polar surface area (TPSA) is 76.7 Å². The van der Waals surface area contributed by atoms with Crippen molar-refractivity contribution in [3.8, 4) is 0 Å². The fourth-order valence-electron chi connectivity index (χ4n) is 1.84. The van der Waals surface area contributed by atoms with Crippen molar-refractivity contribution in [3.63, 3.8) is 0 Å². The second-order valence-corrected chi connectivity index (χ2v) is 5.60. The van der Waals surface area contributed by atoms with E-state index in [1.165, 1.54) is 0 Å². The minimum atomic E-state index is -0.243. The van der Waals surface area contributed by atoms with Crippen molar-refractivity contribution < 1.29 is 9.63 Å². The molecular formula is C16H25N3O2. The highest BCUT2D eigenvalue weighted by molar-refractivity contribution is 5.93. The average Bonchev–Trinajstić information content (AvgIpc) is 2.41. The Morgan fingerprint density at radius 3 is 2.52 bits per heavy atom. The van der Waals surface area contributed by atoms with Gasteiger partial charge < -0.3 is 15.9 Å². The van der Waals surface area contributed by atoms with E-state index in [1.807, 2.05) is 32.0 Å². The summed E-state index contributed by atoms with van der Waals surface area (Å²) >= 11 is 0. The van der Waals surface area contributed by atoms with Crippen LogP contribution in [0.4, 0.5) is 5.69 Å². The van der Waals surface area contributed by atoms with Crippen LogP contribution in [-0.2, 0) is 9.63 Å². The molecule has 1 aromatic rings. The highest BCUT2D eigenvalue weighted by atomic mass is 16.6. The van der Waals surface area contributed by atoms with E-state index in [0.717, 1.165) is 23.2 Å². The Labute approximate surface area is 126 Å². The summed E-state index contributed by atoms with van der Waals surface area (Å²) in [6.07, 6.45) is 1.63. The summed E-state index contributed by atoms with van der Waals surface area (Å²) in [6, 6.07) is 5.85. The maximum absolute atomic E-state index is 11.8. The third-order valence-electron chi connectivity index (χ3n) is 3.10. The number of anilines is 1. The number of aryl methyl sites for hydroxylation is 2. The van der Waals surface area contributed by atoms with Gasteiger partial charge in [0.05, 0.1) is 0 Å². The maximum atomic E-state index is 11.8. The SMILES string of the molecule is Cc1cccc(C)c1NC(=O)CO/N=C(\N)CCC(C)C. The number of para-hydroxylation sites is 1. The molecule has 1 amide bonds. The molecule has 0 aliphatic rings. The number of nitrogens with one attached hydrogen (secondary N) is 1. The summed E-state index contributed by atoms with van der Waals surface area (Å²) in [5, 5.41) is 6.58. The van der Waals surface area contributed by atoms with Gasteiger partial charge in [-0.2, -0.15) is 0 Å². The second kappa shape index (κ2) is 8.29. The Balaban J connectivity index is 2.43. The van der Waals surface area contributed by atoms with Gasteiger partial charge in [-0.15, -0.1) is 0 Å². The zero-order valence-corrected chi connectivity index (χ0v) is 13.3. The Hall–Kier alpha value is -2.04. The summed E-state index contributed by atoms with van der Waals surface area (Å²) in [5.74, 6) is 0.738. The average molecular weight is 291 g/mol. The van der Waals surface area contributed by atoms with Gasteiger partial charge in [-0.3, -0.25) is 4.79 Å². The number of nitrogens with zero attached hydrogens (tertiary/aromatic N) is 1. The zero-order valence-electron chi connectivity index (χ0n) is 13.3. The first-order valence-corrected chi connectivity index (χ1v) is 7.20. The van der Waals surface area contributed by atoms with Crippen LogP contribution in [0.5, 0.6) is 0 Å². The molecular weight excluding hydrogens is 266 g/mol. The number of carbonyl (C=O) groups is 1. The van der Waals surface area contributed by atoms with Gasteiger partial charge >= 0.3 is 0 Å². The Bertz CT molecular complexity index is 490. The van der Waals surface area contributed by atoms with Gasteiger partial charge in [0, 0.05) is 12.1 Å². The number of oxime groups is 1. The van der Waals surface area contributed by atoms with Crippen molar-refractivity contribution in [3.05, 3.63) is 29.3 Å². The predicted molar refractivity (Wildman–Crippen MR) is 86.2 cm³/mol. The first-order chi connectivity index (χ1) is 9.90. The molecule has 0 aliphatic heterocycles. The Kier molecular flexibility index (Phi) is 6.72. The highest BCUT2D eigenvalue weighted by Crippen LogP contribution is 2.19. The zero-order chi connectivity index (χ0) is 15.8. The van der Waals surface area contributed by atoms with Crippen molar-refractivity contribution in [1.82, 2.24) is 0 Å². The van der Waals surface area contributed by atoms with E-state index in [-0.39, 0.29) is 12.5 Å². The molecule has 21 heavy (non-hydrogen) atoms. The molecule has 0 saturated carbocycles. The molecule has 0 saturated heterocycles. The Morgan fingerprint density at radius 2 is 1.95 bits per heavy atom. The summed E-state index contributed by atoms with van der Waals surface area (Å²) in [5.41, 5.74) is 8.56. The van der Waals surface area contributed by atoms with Crippen molar-refractivity contribution in [1.29, 1.82) is 0 Å². The summed E-state index contributed by atoms with van der Waals surface area (Å²) in [6.45, 7) is 7.99. The molecule has 0 radical (unpaired) electrons. The van der Waals surface area contributed by atoms with Crippen molar-refractivity contribution in [2.24, 2.45) is 16.8 Å². The van der Waals surface area contributed by atoms with Crippen LogP contribution >= 0.6 is 0 Å². The minimum Gasteiger partial charge on any atom is -0.384 e. The van der Waals surface area contributed by atoms with Crippen LogP contribution < -0.4 is 11.1 Å². The van der Waals surface area contributed by atoms with E-state index in [0.29, 0.717) is 18.2 Å². The van der Waals surface area contributed by atoms with Gasteiger partial charge in [-0.1, -0.05) is 37.2 Å². The monoisotopic (exact) mass is 291 g/mol. The smallest absolute Gasteiger partial charge is 0.265 e. The standard InChI is InChI=1S/C16H25N3O2/c1-11(2)8-9-14(17)19-21-10-15(20)18-16-12(3)6-5-7-13(16)4/h5-7,11H,8-10H2,1-4H3,(H2,17,19)(H,18,20). The van der Waals surface area contributed by atoms with Crippen LogP contribution in [0.1, 0.15) is 37.8 Å². The molecule has 0 heterocycles. The maximum Gasteiger partial charge on any atom is 0.265 e. The van der Waals surface area contributed by atoms with E-state index in [9.17, 15) is 4.79 Å². The lowest BCUT2D eigenvalue weighted by atomic mass is 10.1. The lowest BCUT2D eigenvalue weighted by Gasteiger charge is -2.10. The lowest BCUT2D eigenvalue weighted by molar-refractivity contribution is -0.120. The molecule has 5 heteroatoms. The molecule has 0 aliphatic carbocycles. The quantitative estimate of drug-likeness (QED) is 0.460. The van der Waals surface area contributed by atoms with Crippen LogP contribution in [0.2, 0.25) is 0 Å². The number of carbonyl (C=O) groups excluding carboxylic acids is 1. The van der Waals surface area contributed by atoms with Gasteiger partial charge in [0.25, 0.3) is 5.91 Å². The summed E-state index contributed by atoms with van der Waals surface area (Å²) in [4.78, 5) is 16.8. The lowest BCUT2D eigenvalue weighted by Crippen LogP contribution is -2.20. The van der Waals surface area contributed by atoms with Crippen LogP contribution in [0.3, 0.4) is 0 Å². The molecule has 3 N–H and O–H groups in total. The van der Waals surface area contributed by atoms with E-state index in [4.69, 9.17) is 10.6 Å². The van der Waals surface area contributed by atoms with Gasteiger partial charge in [0.2, 0.25) is 0 Å². The number of amides is 1. The highest BCUT2D eigenvalue weighted by Gasteiger charge is 2.07. The molecule has 5 nitrogen and oxygen atoms in total. The third kappa shape index (κ3) is 6.29. The Morgan fingerprint density at radius 1 is 1.33 bits per heavy atom. The van der Waals surface area contributed by atoms with E-state index in [2.05, 4.69) is 24.3 Å². The van der Waals surface area contributed by atoms with Crippen molar-refractivity contribution in [2.75, 3.05) is 11.9 Å². The third-order valence-corrected chi connectivity index (χ3v) is 3.10. The van der Waals surface area contributed by atoms with Gasteiger partial charge in [-0.05, 0) is 37.3 Å². The normalized spacial score (nSPS) is 11.6.